The van der Waals surface area contributed by atoms with Gasteiger partial charge in [-0.2, -0.15) is 0 Å². The number of ketones is 2. The lowest BCUT2D eigenvalue weighted by Gasteiger charge is -2.47. The molecule has 0 aromatic rings. The number of hydrogen-bond donors (Lipinski definition) is 0. The SMILES string of the molecule is COCO[C@@H]1C[C@@H]2C(=O)C/C(C=O)=C\C(=O)[C@H](C1)C2(C)C. The van der Waals surface area contributed by atoms with Crippen LogP contribution < -0.4 is 0 Å². The zero-order chi connectivity index (χ0) is 15.6. The molecule has 2 aliphatic rings. The minimum absolute atomic E-state index is 0.0153. The number of aldehydes is 1. The Morgan fingerprint density at radius 3 is 2.57 bits per heavy atom. The maximum atomic E-state index is 12.5. The Labute approximate surface area is 124 Å². The van der Waals surface area contributed by atoms with Crippen molar-refractivity contribution in [3.05, 3.63) is 11.6 Å². The maximum absolute atomic E-state index is 12.5. The Hall–Kier alpha value is -1.33. The number of allylic oxidation sites excluding steroid dienone is 2. The predicted octanol–water partition coefficient (Wildman–Crippen LogP) is 1.70. The standard InChI is InChI=1S/C16H22O5/c1-16(2)12-6-11(21-9-20-3)7-13(16)15(19)5-10(8-17)4-14(12)18/h4,8,11-13H,5-7,9H2,1-3H3/b10-4+/t11-,12-,13+/m0/s1. The Kier molecular flexibility index (Phi) is 4.74. The molecule has 2 rings (SSSR count). The van der Waals surface area contributed by atoms with Crippen LogP contribution in [0.25, 0.3) is 0 Å². The van der Waals surface area contributed by atoms with Gasteiger partial charge in [0.05, 0.1) is 6.10 Å². The van der Waals surface area contributed by atoms with Gasteiger partial charge in [0.25, 0.3) is 0 Å². The van der Waals surface area contributed by atoms with Crippen LogP contribution in [0.15, 0.2) is 11.6 Å². The zero-order valence-corrected chi connectivity index (χ0v) is 12.8. The number of hydrogen-bond acceptors (Lipinski definition) is 5. The maximum Gasteiger partial charge on any atom is 0.159 e. The molecule has 0 amide bonds. The first-order valence-corrected chi connectivity index (χ1v) is 7.23. The predicted molar refractivity (Wildman–Crippen MR) is 75.5 cm³/mol. The van der Waals surface area contributed by atoms with E-state index in [0.717, 1.165) is 0 Å². The van der Waals surface area contributed by atoms with Crippen LogP contribution in [0.5, 0.6) is 0 Å². The van der Waals surface area contributed by atoms with Crippen LogP contribution in [0.3, 0.4) is 0 Å². The lowest BCUT2D eigenvalue weighted by atomic mass is 9.57. The second-order valence-corrected chi connectivity index (χ2v) is 6.48. The molecule has 0 unspecified atom stereocenters. The minimum atomic E-state index is -0.411. The fourth-order valence-electron chi connectivity index (χ4n) is 3.54. The number of carbonyl (C=O) groups excluding carboxylic acids is 3. The molecule has 0 spiro atoms. The highest BCUT2D eigenvalue weighted by Gasteiger charge is 2.50. The Balaban J connectivity index is 2.34. The molecule has 0 aliphatic heterocycles. The van der Waals surface area contributed by atoms with E-state index in [1.165, 1.54) is 6.08 Å². The molecule has 3 atom stereocenters. The molecule has 0 radical (unpaired) electrons. The highest BCUT2D eigenvalue weighted by molar-refractivity contribution is 6.02. The van der Waals surface area contributed by atoms with Crippen molar-refractivity contribution < 1.29 is 23.9 Å². The van der Waals surface area contributed by atoms with E-state index in [2.05, 4.69) is 0 Å². The number of rotatable bonds is 4. The average molecular weight is 294 g/mol. The zero-order valence-electron chi connectivity index (χ0n) is 12.8. The van der Waals surface area contributed by atoms with Crippen LogP contribution >= 0.6 is 0 Å². The number of Topliss-reactive ketones (excluding diaryl/α,β-unsaturated/α-hetero) is 1. The molecule has 1 saturated carbocycles. The van der Waals surface area contributed by atoms with Crippen molar-refractivity contribution in [2.45, 2.75) is 39.2 Å². The molecule has 2 bridgehead atoms. The molecular weight excluding hydrogens is 272 g/mol. The van der Waals surface area contributed by atoms with Gasteiger partial charge in [-0.3, -0.25) is 14.4 Å². The monoisotopic (exact) mass is 294 g/mol. The third kappa shape index (κ3) is 3.14. The normalized spacial score (nSPS) is 34.6. The summed E-state index contributed by atoms with van der Waals surface area (Å²) in [5.74, 6) is -0.644. The molecule has 0 N–H and O–H groups in total. The number of carbonyl (C=O) groups is 3. The molecule has 116 valence electrons. The van der Waals surface area contributed by atoms with Crippen molar-refractivity contribution in [2.24, 2.45) is 17.3 Å². The van der Waals surface area contributed by atoms with E-state index < -0.39 is 5.41 Å². The van der Waals surface area contributed by atoms with Gasteiger partial charge in [0.2, 0.25) is 0 Å². The van der Waals surface area contributed by atoms with Crippen LogP contribution in [0.4, 0.5) is 0 Å². The van der Waals surface area contributed by atoms with E-state index >= 15 is 0 Å². The summed E-state index contributed by atoms with van der Waals surface area (Å²) in [5.41, 5.74) is -0.127. The van der Waals surface area contributed by atoms with E-state index in [1.54, 1.807) is 7.11 Å². The van der Waals surface area contributed by atoms with Crippen molar-refractivity contribution in [3.63, 3.8) is 0 Å². The lowest BCUT2D eigenvalue weighted by Crippen LogP contribution is -2.49. The van der Waals surface area contributed by atoms with Crippen LogP contribution in [-0.4, -0.2) is 37.9 Å². The van der Waals surface area contributed by atoms with E-state index in [9.17, 15) is 14.4 Å². The van der Waals surface area contributed by atoms with Gasteiger partial charge in [0.15, 0.2) is 5.78 Å². The van der Waals surface area contributed by atoms with Gasteiger partial charge in [0, 0.05) is 30.9 Å². The highest BCUT2D eigenvalue weighted by Crippen LogP contribution is 2.48. The van der Waals surface area contributed by atoms with Gasteiger partial charge in [-0.15, -0.1) is 0 Å². The van der Waals surface area contributed by atoms with E-state index in [0.29, 0.717) is 19.1 Å². The van der Waals surface area contributed by atoms with E-state index in [4.69, 9.17) is 9.47 Å². The smallest absolute Gasteiger partial charge is 0.159 e. The Morgan fingerprint density at radius 1 is 1.29 bits per heavy atom. The summed E-state index contributed by atoms with van der Waals surface area (Å²) in [6, 6.07) is 0. The van der Waals surface area contributed by atoms with Gasteiger partial charge in [-0.25, -0.2) is 0 Å². The summed E-state index contributed by atoms with van der Waals surface area (Å²) in [5, 5.41) is 0. The van der Waals surface area contributed by atoms with Gasteiger partial charge in [0.1, 0.15) is 18.9 Å². The van der Waals surface area contributed by atoms with Crippen LogP contribution in [0.1, 0.15) is 33.1 Å². The molecule has 5 nitrogen and oxygen atoms in total. The van der Waals surface area contributed by atoms with Gasteiger partial charge >= 0.3 is 0 Å². The molecule has 1 fully saturated rings. The molecule has 0 aromatic heterocycles. The topological polar surface area (TPSA) is 69.7 Å². The molecule has 2 aliphatic carbocycles. The van der Waals surface area contributed by atoms with Gasteiger partial charge < -0.3 is 9.47 Å². The first kappa shape index (κ1) is 16.0. The summed E-state index contributed by atoms with van der Waals surface area (Å²) in [6.45, 7) is 4.08. The number of fused-ring (bicyclic) bond motifs is 2. The summed E-state index contributed by atoms with van der Waals surface area (Å²) < 4.78 is 10.5. The van der Waals surface area contributed by atoms with Crippen molar-refractivity contribution in [1.82, 2.24) is 0 Å². The van der Waals surface area contributed by atoms with Crippen molar-refractivity contribution in [1.29, 1.82) is 0 Å². The lowest BCUT2D eigenvalue weighted by molar-refractivity contribution is -0.151. The number of ether oxygens (including phenoxy) is 2. The number of methoxy groups -OCH3 is 1. The molecule has 5 heteroatoms. The largest absolute Gasteiger partial charge is 0.359 e. The highest BCUT2D eigenvalue weighted by atomic mass is 16.7. The van der Waals surface area contributed by atoms with Crippen LogP contribution in [0.2, 0.25) is 0 Å². The fourth-order valence-corrected chi connectivity index (χ4v) is 3.54. The fraction of sp³-hybridized carbons (Fsp3) is 0.688. The van der Waals surface area contributed by atoms with Gasteiger partial charge in [-0.1, -0.05) is 13.8 Å². The molecule has 0 saturated heterocycles. The van der Waals surface area contributed by atoms with Crippen LogP contribution in [0, 0.1) is 17.3 Å². The van der Waals surface area contributed by atoms with Gasteiger partial charge in [-0.05, 0) is 24.3 Å². The van der Waals surface area contributed by atoms with Crippen LogP contribution in [-0.2, 0) is 23.9 Å². The average Bonchev–Trinajstić information content (AvgIpc) is 2.43. The summed E-state index contributed by atoms with van der Waals surface area (Å²) in [7, 11) is 1.54. The molecule has 0 heterocycles. The first-order valence-electron chi connectivity index (χ1n) is 7.23. The van der Waals surface area contributed by atoms with E-state index in [-0.39, 0.29) is 48.3 Å². The summed E-state index contributed by atoms with van der Waals surface area (Å²) in [6.07, 6.45) is 2.96. The van der Waals surface area contributed by atoms with Crippen molar-refractivity contribution >= 4 is 17.9 Å². The summed E-state index contributed by atoms with van der Waals surface area (Å²) >= 11 is 0. The molecular formula is C16H22O5. The van der Waals surface area contributed by atoms with Crippen molar-refractivity contribution in [2.75, 3.05) is 13.9 Å². The third-order valence-electron chi connectivity index (χ3n) is 4.80. The minimum Gasteiger partial charge on any atom is -0.359 e. The Bertz CT molecular complexity index is 477. The molecule has 0 aromatic carbocycles. The quantitative estimate of drug-likeness (QED) is 0.583. The second kappa shape index (κ2) is 6.20. The first-order chi connectivity index (χ1) is 9.90. The Morgan fingerprint density at radius 2 is 1.95 bits per heavy atom. The molecule has 21 heavy (non-hydrogen) atoms. The van der Waals surface area contributed by atoms with Crippen molar-refractivity contribution in [3.8, 4) is 0 Å². The third-order valence-corrected chi connectivity index (χ3v) is 4.80. The second-order valence-electron chi connectivity index (χ2n) is 6.48. The summed E-state index contributed by atoms with van der Waals surface area (Å²) in [4.78, 5) is 35.9. The van der Waals surface area contributed by atoms with E-state index in [1.807, 2.05) is 13.8 Å².